The average Bonchev–Trinajstić information content (AvgIpc) is 3.36. The SMILES string of the molecule is O=C(NC1CCSC1)c1ccc(Cl)c(-c2ccc3c(c2)CCCN3C(=O)C2=C(Cl)CCC=C2F)c1. The number of anilines is 1. The van der Waals surface area contributed by atoms with Gasteiger partial charge in [0.25, 0.3) is 11.8 Å². The second-order valence-corrected chi connectivity index (χ2v) is 11.0. The van der Waals surface area contributed by atoms with Crippen LogP contribution in [0.25, 0.3) is 11.1 Å². The summed E-state index contributed by atoms with van der Waals surface area (Å²) in [5.74, 6) is 0.955. The van der Waals surface area contributed by atoms with Gasteiger partial charge in [-0.05, 0) is 85.4 Å². The van der Waals surface area contributed by atoms with Crippen molar-refractivity contribution in [3.05, 3.63) is 75.1 Å². The fourth-order valence-electron chi connectivity index (χ4n) is 4.82. The minimum Gasteiger partial charge on any atom is -0.348 e. The summed E-state index contributed by atoms with van der Waals surface area (Å²) in [4.78, 5) is 27.6. The van der Waals surface area contributed by atoms with E-state index in [9.17, 15) is 14.0 Å². The van der Waals surface area contributed by atoms with Crippen molar-refractivity contribution in [2.75, 3.05) is 23.0 Å². The summed E-state index contributed by atoms with van der Waals surface area (Å²) in [5, 5.41) is 3.93. The number of carbonyl (C=O) groups is 2. The van der Waals surface area contributed by atoms with E-state index in [1.165, 1.54) is 6.08 Å². The number of nitrogens with zero attached hydrogens (tertiary/aromatic N) is 1. The molecule has 0 aromatic heterocycles. The average molecular weight is 531 g/mol. The first-order valence-corrected chi connectivity index (χ1v) is 13.7. The van der Waals surface area contributed by atoms with Gasteiger partial charge in [-0.25, -0.2) is 4.39 Å². The number of benzene rings is 2. The highest BCUT2D eigenvalue weighted by atomic mass is 35.5. The molecule has 2 aliphatic heterocycles. The molecule has 1 unspecified atom stereocenters. The fraction of sp³-hybridized carbons (Fsp3) is 0.333. The van der Waals surface area contributed by atoms with Crippen LogP contribution in [0.4, 0.5) is 10.1 Å². The van der Waals surface area contributed by atoms with Gasteiger partial charge in [0.1, 0.15) is 5.83 Å². The van der Waals surface area contributed by atoms with Crippen molar-refractivity contribution in [3.63, 3.8) is 0 Å². The van der Waals surface area contributed by atoms with Crippen LogP contribution in [0.15, 0.2) is 58.9 Å². The van der Waals surface area contributed by atoms with E-state index in [2.05, 4.69) is 5.32 Å². The molecule has 2 heterocycles. The number of aryl methyl sites for hydroxylation is 1. The summed E-state index contributed by atoms with van der Waals surface area (Å²) in [6.07, 6.45) is 4.92. The van der Waals surface area contributed by atoms with Gasteiger partial charge in [-0.2, -0.15) is 11.8 Å². The molecule has 2 aromatic carbocycles. The van der Waals surface area contributed by atoms with Gasteiger partial charge in [-0.1, -0.05) is 29.3 Å². The first-order chi connectivity index (χ1) is 16.9. The normalized spacial score (nSPS) is 19.9. The van der Waals surface area contributed by atoms with Crippen LogP contribution in [-0.4, -0.2) is 35.9 Å². The maximum absolute atomic E-state index is 14.5. The minimum atomic E-state index is -0.548. The van der Waals surface area contributed by atoms with Gasteiger partial charge < -0.3 is 10.2 Å². The van der Waals surface area contributed by atoms with Gasteiger partial charge in [-0.15, -0.1) is 0 Å². The summed E-state index contributed by atoms with van der Waals surface area (Å²) in [5.41, 5.74) is 3.90. The van der Waals surface area contributed by atoms with Crippen LogP contribution in [0.5, 0.6) is 0 Å². The molecule has 1 aliphatic carbocycles. The highest BCUT2D eigenvalue weighted by Gasteiger charge is 2.30. The smallest absolute Gasteiger partial charge is 0.262 e. The number of hydrogen-bond acceptors (Lipinski definition) is 3. The molecule has 0 saturated carbocycles. The van der Waals surface area contributed by atoms with E-state index >= 15 is 0 Å². The van der Waals surface area contributed by atoms with E-state index in [4.69, 9.17) is 23.2 Å². The molecule has 0 spiro atoms. The quantitative estimate of drug-likeness (QED) is 0.480. The van der Waals surface area contributed by atoms with Crippen molar-refractivity contribution in [2.24, 2.45) is 0 Å². The van der Waals surface area contributed by atoms with E-state index < -0.39 is 11.7 Å². The van der Waals surface area contributed by atoms with Crippen molar-refractivity contribution in [2.45, 2.75) is 38.1 Å². The van der Waals surface area contributed by atoms with Crippen molar-refractivity contribution in [3.8, 4) is 11.1 Å². The predicted octanol–water partition coefficient (Wildman–Crippen LogP) is 6.66. The molecule has 2 amide bonds. The largest absolute Gasteiger partial charge is 0.348 e. The number of halogens is 3. The van der Waals surface area contributed by atoms with Gasteiger partial charge in [0.2, 0.25) is 0 Å². The van der Waals surface area contributed by atoms with Gasteiger partial charge in [0, 0.05) is 45.2 Å². The molecule has 35 heavy (non-hydrogen) atoms. The molecule has 0 bridgehead atoms. The molecule has 4 nitrogen and oxygen atoms in total. The summed E-state index contributed by atoms with van der Waals surface area (Å²) in [6.45, 7) is 0.502. The van der Waals surface area contributed by atoms with Crippen LogP contribution < -0.4 is 10.2 Å². The number of rotatable bonds is 4. The summed E-state index contributed by atoms with van der Waals surface area (Å²) < 4.78 is 14.5. The third-order valence-electron chi connectivity index (χ3n) is 6.66. The van der Waals surface area contributed by atoms with Gasteiger partial charge >= 0.3 is 0 Å². The maximum Gasteiger partial charge on any atom is 0.262 e. The molecule has 1 saturated heterocycles. The summed E-state index contributed by atoms with van der Waals surface area (Å²) in [7, 11) is 0. The third-order valence-corrected chi connectivity index (χ3v) is 8.53. The first-order valence-electron chi connectivity index (χ1n) is 11.8. The monoisotopic (exact) mass is 530 g/mol. The maximum atomic E-state index is 14.5. The molecule has 3 aliphatic rings. The molecular formula is C27H25Cl2FN2O2S. The Balaban J connectivity index is 1.43. The van der Waals surface area contributed by atoms with Crippen molar-refractivity contribution < 1.29 is 14.0 Å². The van der Waals surface area contributed by atoms with E-state index in [1.807, 2.05) is 36.0 Å². The number of nitrogens with one attached hydrogen (secondary N) is 1. The van der Waals surface area contributed by atoms with E-state index in [1.54, 1.807) is 17.0 Å². The second-order valence-electron chi connectivity index (χ2n) is 9.00. The molecule has 8 heteroatoms. The Morgan fingerprint density at radius 1 is 1.11 bits per heavy atom. The highest BCUT2D eigenvalue weighted by molar-refractivity contribution is 7.99. The number of fused-ring (bicyclic) bond motifs is 1. The van der Waals surface area contributed by atoms with E-state index in [0.29, 0.717) is 30.0 Å². The zero-order valence-corrected chi connectivity index (χ0v) is 21.4. The second kappa shape index (κ2) is 10.4. The summed E-state index contributed by atoms with van der Waals surface area (Å²) >= 11 is 14.6. The zero-order chi connectivity index (χ0) is 24.5. The lowest BCUT2D eigenvalue weighted by Gasteiger charge is -2.31. The van der Waals surface area contributed by atoms with Crippen LogP contribution in [0.2, 0.25) is 5.02 Å². The number of amides is 2. The first kappa shape index (κ1) is 24.4. The molecule has 1 N–H and O–H groups in total. The number of thioether (sulfide) groups is 1. The Hall–Kier alpha value is -2.28. The molecule has 1 fully saturated rings. The Morgan fingerprint density at radius 3 is 2.74 bits per heavy atom. The van der Waals surface area contributed by atoms with Crippen LogP contribution in [0, 0.1) is 0 Å². The number of hydrogen-bond donors (Lipinski definition) is 1. The van der Waals surface area contributed by atoms with Crippen LogP contribution >= 0.6 is 35.0 Å². The number of allylic oxidation sites excluding steroid dienone is 2. The Kier molecular flexibility index (Phi) is 7.24. The highest BCUT2D eigenvalue weighted by Crippen LogP contribution is 2.37. The van der Waals surface area contributed by atoms with Crippen molar-refractivity contribution in [1.29, 1.82) is 0 Å². The van der Waals surface area contributed by atoms with Crippen molar-refractivity contribution >= 4 is 52.5 Å². The fourth-order valence-corrected chi connectivity index (χ4v) is 6.48. The van der Waals surface area contributed by atoms with Gasteiger partial charge in [0.05, 0.1) is 5.57 Å². The van der Waals surface area contributed by atoms with Gasteiger partial charge in [-0.3, -0.25) is 9.59 Å². The van der Waals surface area contributed by atoms with E-state index in [0.717, 1.165) is 53.1 Å². The van der Waals surface area contributed by atoms with E-state index in [-0.39, 0.29) is 22.6 Å². The minimum absolute atomic E-state index is 0.0303. The zero-order valence-electron chi connectivity index (χ0n) is 19.1. The molecule has 1 atom stereocenters. The van der Waals surface area contributed by atoms with Crippen LogP contribution in [0.3, 0.4) is 0 Å². The summed E-state index contributed by atoms with van der Waals surface area (Å²) in [6, 6.07) is 11.3. The van der Waals surface area contributed by atoms with Gasteiger partial charge in [0.15, 0.2) is 0 Å². The van der Waals surface area contributed by atoms with Crippen LogP contribution in [-0.2, 0) is 11.2 Å². The Bertz CT molecular complexity index is 1250. The Labute approximate surface area is 218 Å². The standard InChI is InChI=1S/C27H25Cl2FN2O2S/c28-21-8-6-18(26(33)31-19-10-12-35-15-19)14-20(21)16-7-9-24-17(13-16)3-2-11-32(24)27(34)25-22(29)4-1-5-23(25)30/h5-9,13-14,19H,1-4,10-12,15H2,(H,31,33). The Morgan fingerprint density at radius 2 is 1.97 bits per heavy atom. The number of carbonyl (C=O) groups excluding carboxylic acids is 2. The molecular weight excluding hydrogens is 506 g/mol. The molecule has 182 valence electrons. The predicted molar refractivity (Wildman–Crippen MR) is 142 cm³/mol. The van der Waals surface area contributed by atoms with Crippen LogP contribution in [0.1, 0.15) is 41.6 Å². The lowest BCUT2D eigenvalue weighted by molar-refractivity contribution is -0.115. The topological polar surface area (TPSA) is 49.4 Å². The molecule has 2 aromatic rings. The lowest BCUT2D eigenvalue weighted by atomic mass is 9.94. The molecule has 5 rings (SSSR count). The lowest BCUT2D eigenvalue weighted by Crippen LogP contribution is -2.37. The van der Waals surface area contributed by atoms with Crippen molar-refractivity contribution in [1.82, 2.24) is 5.32 Å². The third kappa shape index (κ3) is 5.02. The molecule has 0 radical (unpaired) electrons.